The Morgan fingerprint density at radius 1 is 1.41 bits per heavy atom. The van der Waals surface area contributed by atoms with Crippen LogP contribution in [-0.4, -0.2) is 0 Å². The van der Waals surface area contributed by atoms with E-state index >= 15 is 0 Å². The van der Waals surface area contributed by atoms with E-state index in [2.05, 4.69) is 22.9 Å². The first-order valence-corrected chi connectivity index (χ1v) is 7.08. The minimum Gasteiger partial charge on any atom is -0.324 e. The lowest BCUT2D eigenvalue weighted by atomic mass is 9.77. The number of hydrogen-bond acceptors (Lipinski definition) is 1. The Bertz CT molecular complexity index is 394. The number of halogens is 2. The molecule has 1 aliphatic carbocycles. The smallest absolute Gasteiger partial charge is 0.137 e. The molecule has 3 heteroatoms. The van der Waals surface area contributed by atoms with Crippen molar-refractivity contribution >= 4 is 15.9 Å². The lowest BCUT2D eigenvalue weighted by molar-refractivity contribution is 0.247. The van der Waals surface area contributed by atoms with E-state index in [4.69, 9.17) is 5.73 Å². The molecule has 0 saturated heterocycles. The van der Waals surface area contributed by atoms with Gasteiger partial charge in [0.15, 0.2) is 0 Å². The third kappa shape index (κ3) is 2.89. The third-order valence-electron chi connectivity index (χ3n) is 3.83. The molecule has 0 spiro atoms. The van der Waals surface area contributed by atoms with Gasteiger partial charge < -0.3 is 5.73 Å². The van der Waals surface area contributed by atoms with E-state index in [9.17, 15) is 4.39 Å². The monoisotopic (exact) mass is 299 g/mol. The van der Waals surface area contributed by atoms with E-state index in [0.717, 1.165) is 24.3 Å². The lowest BCUT2D eigenvalue weighted by Crippen LogP contribution is -2.26. The molecule has 94 valence electrons. The van der Waals surface area contributed by atoms with Crippen LogP contribution in [-0.2, 0) is 0 Å². The van der Waals surface area contributed by atoms with Crippen molar-refractivity contribution in [3.8, 4) is 0 Å². The summed E-state index contributed by atoms with van der Waals surface area (Å²) in [4.78, 5) is 0. The van der Waals surface area contributed by atoms with Gasteiger partial charge >= 0.3 is 0 Å². The average Bonchev–Trinajstić information content (AvgIpc) is 2.32. The zero-order valence-corrected chi connectivity index (χ0v) is 11.7. The third-order valence-corrected chi connectivity index (χ3v) is 4.66. The topological polar surface area (TPSA) is 26.0 Å². The molecular weight excluding hydrogens is 281 g/mol. The van der Waals surface area contributed by atoms with E-state index < -0.39 is 0 Å². The van der Waals surface area contributed by atoms with Crippen molar-refractivity contribution in [2.24, 2.45) is 17.6 Å². The van der Waals surface area contributed by atoms with Gasteiger partial charge in [0.05, 0.1) is 4.47 Å². The van der Waals surface area contributed by atoms with Crippen molar-refractivity contribution in [2.75, 3.05) is 0 Å². The minimum atomic E-state index is -0.221. The van der Waals surface area contributed by atoms with Crippen molar-refractivity contribution in [2.45, 2.75) is 38.6 Å². The van der Waals surface area contributed by atoms with Gasteiger partial charge in [-0.05, 0) is 52.2 Å². The molecule has 3 atom stereocenters. The second kappa shape index (κ2) is 5.49. The molecule has 0 aliphatic heterocycles. The summed E-state index contributed by atoms with van der Waals surface area (Å²) in [6, 6.07) is 5.07. The number of nitrogens with two attached hydrogens (primary N) is 1. The Labute approximate surface area is 111 Å². The molecule has 1 aromatic rings. The molecule has 17 heavy (non-hydrogen) atoms. The van der Waals surface area contributed by atoms with Gasteiger partial charge in [-0.2, -0.15) is 0 Å². The Morgan fingerprint density at radius 2 is 2.18 bits per heavy atom. The minimum absolute atomic E-state index is 0.0529. The fraction of sp³-hybridized carbons (Fsp3) is 0.571. The predicted octanol–water partition coefficient (Wildman–Crippen LogP) is 4.41. The van der Waals surface area contributed by atoms with E-state index in [1.807, 2.05) is 6.07 Å². The molecule has 1 saturated carbocycles. The highest BCUT2D eigenvalue weighted by molar-refractivity contribution is 9.10. The molecule has 0 heterocycles. The SMILES string of the molecule is CC1CCCC(C(N)c2cccc(F)c2Br)C1. The summed E-state index contributed by atoms with van der Waals surface area (Å²) in [6.07, 6.45) is 4.86. The molecule has 1 aromatic carbocycles. The molecule has 0 aromatic heterocycles. The highest BCUT2D eigenvalue weighted by Crippen LogP contribution is 2.38. The van der Waals surface area contributed by atoms with Gasteiger partial charge in [-0.25, -0.2) is 4.39 Å². The standard InChI is InChI=1S/C14H19BrFN/c1-9-4-2-5-10(8-9)14(17)11-6-3-7-12(16)13(11)15/h3,6-7,9-10,14H,2,4-5,8,17H2,1H3. The van der Waals surface area contributed by atoms with Crippen LogP contribution in [0.5, 0.6) is 0 Å². The lowest BCUT2D eigenvalue weighted by Gasteiger charge is -2.31. The normalized spacial score (nSPS) is 26.8. The second-order valence-electron chi connectivity index (χ2n) is 5.20. The molecule has 0 radical (unpaired) electrons. The Kier molecular flexibility index (Phi) is 4.21. The number of benzene rings is 1. The second-order valence-corrected chi connectivity index (χ2v) is 5.99. The van der Waals surface area contributed by atoms with E-state index in [0.29, 0.717) is 10.4 Å². The fourth-order valence-electron chi connectivity index (χ4n) is 2.84. The first kappa shape index (κ1) is 13.0. The molecule has 3 unspecified atom stereocenters. The van der Waals surface area contributed by atoms with Crippen LogP contribution in [0.2, 0.25) is 0 Å². The Morgan fingerprint density at radius 3 is 2.88 bits per heavy atom. The summed E-state index contributed by atoms with van der Waals surface area (Å²) in [7, 11) is 0. The van der Waals surface area contributed by atoms with Gasteiger partial charge in [-0.15, -0.1) is 0 Å². The summed E-state index contributed by atoms with van der Waals surface area (Å²) >= 11 is 3.31. The van der Waals surface area contributed by atoms with Gasteiger partial charge in [0, 0.05) is 6.04 Å². The van der Waals surface area contributed by atoms with Crippen LogP contribution in [0.4, 0.5) is 4.39 Å². The van der Waals surface area contributed by atoms with Crippen molar-refractivity contribution in [3.05, 3.63) is 34.1 Å². The maximum atomic E-state index is 13.5. The van der Waals surface area contributed by atoms with Gasteiger partial charge in [0.25, 0.3) is 0 Å². The summed E-state index contributed by atoms with van der Waals surface area (Å²) in [5.41, 5.74) is 7.21. The first-order valence-electron chi connectivity index (χ1n) is 6.29. The fourth-order valence-corrected chi connectivity index (χ4v) is 3.37. The Balaban J connectivity index is 2.18. The highest BCUT2D eigenvalue weighted by Gasteiger charge is 2.26. The van der Waals surface area contributed by atoms with Crippen molar-refractivity contribution in [1.29, 1.82) is 0 Å². The molecular formula is C14H19BrFN. The van der Waals surface area contributed by atoms with Gasteiger partial charge in [-0.1, -0.05) is 31.9 Å². The molecule has 1 nitrogen and oxygen atoms in total. The van der Waals surface area contributed by atoms with Crippen molar-refractivity contribution in [3.63, 3.8) is 0 Å². The molecule has 2 N–H and O–H groups in total. The van der Waals surface area contributed by atoms with Crippen LogP contribution in [0.15, 0.2) is 22.7 Å². The predicted molar refractivity (Wildman–Crippen MR) is 72.2 cm³/mol. The molecule has 1 aliphatic rings. The van der Waals surface area contributed by atoms with Crippen molar-refractivity contribution in [1.82, 2.24) is 0 Å². The van der Waals surface area contributed by atoms with Gasteiger partial charge in [0.1, 0.15) is 5.82 Å². The van der Waals surface area contributed by atoms with Crippen LogP contribution in [0.3, 0.4) is 0 Å². The zero-order chi connectivity index (χ0) is 12.4. The summed E-state index contributed by atoms with van der Waals surface area (Å²) in [5.74, 6) is 1.01. The number of hydrogen-bond donors (Lipinski definition) is 1. The summed E-state index contributed by atoms with van der Waals surface area (Å²) < 4.78 is 14.0. The maximum Gasteiger partial charge on any atom is 0.137 e. The summed E-state index contributed by atoms with van der Waals surface area (Å²) in [5, 5.41) is 0. The Hall–Kier alpha value is -0.410. The van der Waals surface area contributed by atoms with Crippen LogP contribution in [0, 0.1) is 17.7 Å². The van der Waals surface area contributed by atoms with Crippen LogP contribution < -0.4 is 5.73 Å². The highest BCUT2D eigenvalue weighted by atomic mass is 79.9. The number of rotatable bonds is 2. The van der Waals surface area contributed by atoms with Crippen LogP contribution in [0.1, 0.15) is 44.2 Å². The van der Waals surface area contributed by atoms with E-state index in [-0.39, 0.29) is 11.9 Å². The quantitative estimate of drug-likeness (QED) is 0.860. The molecule has 2 rings (SSSR count). The largest absolute Gasteiger partial charge is 0.324 e. The maximum absolute atomic E-state index is 13.5. The van der Waals surface area contributed by atoms with E-state index in [1.54, 1.807) is 6.07 Å². The average molecular weight is 300 g/mol. The molecule has 0 amide bonds. The van der Waals surface area contributed by atoms with Crippen molar-refractivity contribution < 1.29 is 4.39 Å². The molecule has 0 bridgehead atoms. The van der Waals surface area contributed by atoms with E-state index in [1.165, 1.54) is 18.9 Å². The van der Waals surface area contributed by atoms with Crippen LogP contribution >= 0.6 is 15.9 Å². The zero-order valence-electron chi connectivity index (χ0n) is 10.1. The van der Waals surface area contributed by atoms with Crippen LogP contribution in [0.25, 0.3) is 0 Å². The molecule has 1 fully saturated rings. The van der Waals surface area contributed by atoms with Gasteiger partial charge in [0.2, 0.25) is 0 Å². The first-order chi connectivity index (χ1) is 8.09. The van der Waals surface area contributed by atoms with Gasteiger partial charge in [-0.3, -0.25) is 0 Å². The summed E-state index contributed by atoms with van der Waals surface area (Å²) in [6.45, 7) is 2.28.